The molecule has 0 unspecified atom stereocenters. The van der Waals surface area contributed by atoms with Crippen LogP contribution >= 0.6 is 15.9 Å². The summed E-state index contributed by atoms with van der Waals surface area (Å²) >= 11 is 3.48. The van der Waals surface area contributed by atoms with Crippen LogP contribution in [0.5, 0.6) is 0 Å². The fraction of sp³-hybridized carbons (Fsp3) is 0.389. The van der Waals surface area contributed by atoms with Gasteiger partial charge in [0.2, 0.25) is 0 Å². The predicted molar refractivity (Wildman–Crippen MR) is 93.9 cm³/mol. The number of carbonyl (C=O) groups is 1. The quantitative estimate of drug-likeness (QED) is 0.861. The van der Waals surface area contributed by atoms with E-state index in [9.17, 15) is 9.59 Å². The molecule has 124 valence electrons. The number of aromatic amines is 1. The van der Waals surface area contributed by atoms with Crippen LogP contribution < -0.4 is 5.56 Å². The molecule has 0 bridgehead atoms. The van der Waals surface area contributed by atoms with Gasteiger partial charge in [-0.15, -0.1) is 0 Å². The van der Waals surface area contributed by atoms with Gasteiger partial charge in [0, 0.05) is 23.5 Å². The average molecular weight is 388 g/mol. The number of nitrogens with one attached hydrogen (secondary N) is 1. The molecule has 1 aliphatic carbocycles. The van der Waals surface area contributed by atoms with E-state index < -0.39 is 0 Å². The number of hydrogen-bond donors (Lipinski definition) is 1. The molecule has 1 spiro atoms. The Hall–Kier alpha value is -1.95. The molecule has 2 aliphatic rings. The van der Waals surface area contributed by atoms with Crippen molar-refractivity contribution in [2.24, 2.45) is 5.41 Å². The number of nitrogens with zero attached hydrogens (tertiary/aromatic N) is 2. The van der Waals surface area contributed by atoms with Crippen molar-refractivity contribution in [3.8, 4) is 0 Å². The van der Waals surface area contributed by atoms with E-state index in [-0.39, 0.29) is 22.6 Å². The van der Waals surface area contributed by atoms with Crippen LogP contribution in [0.15, 0.2) is 45.9 Å². The molecule has 0 radical (unpaired) electrons. The Kier molecular flexibility index (Phi) is 3.79. The van der Waals surface area contributed by atoms with Crippen LogP contribution in [0.25, 0.3) is 0 Å². The molecule has 1 amide bonds. The van der Waals surface area contributed by atoms with Gasteiger partial charge in [-0.3, -0.25) is 14.6 Å². The summed E-state index contributed by atoms with van der Waals surface area (Å²) in [6.07, 6.45) is 6.14. The van der Waals surface area contributed by atoms with Crippen molar-refractivity contribution in [1.29, 1.82) is 0 Å². The molecule has 1 aliphatic heterocycles. The molecule has 1 atom stereocenters. The normalized spacial score (nSPS) is 21.7. The molecule has 4 rings (SSSR count). The van der Waals surface area contributed by atoms with Crippen LogP contribution in [0.3, 0.4) is 0 Å². The standard InChI is InChI=1S/C18H18BrN3O2/c19-13-4-2-12(3-5-13)14-10-22(11-18(14)6-1-7-18)17(24)15-8-20-9-16(23)21-15/h2-5,8-9,14H,1,6-7,10-11H2,(H,21,23)/t14-/m1/s1. The van der Waals surface area contributed by atoms with Crippen LogP contribution in [0.1, 0.15) is 41.2 Å². The van der Waals surface area contributed by atoms with Gasteiger partial charge in [-0.2, -0.15) is 0 Å². The van der Waals surface area contributed by atoms with Crippen LogP contribution in [-0.4, -0.2) is 33.9 Å². The topological polar surface area (TPSA) is 66.1 Å². The Balaban J connectivity index is 1.62. The van der Waals surface area contributed by atoms with Crippen LogP contribution in [0, 0.1) is 5.41 Å². The highest BCUT2D eigenvalue weighted by Crippen LogP contribution is 2.55. The van der Waals surface area contributed by atoms with E-state index in [0.717, 1.165) is 23.9 Å². The van der Waals surface area contributed by atoms with Crippen molar-refractivity contribution in [2.45, 2.75) is 25.2 Å². The zero-order valence-corrected chi connectivity index (χ0v) is 14.8. The Morgan fingerprint density at radius 1 is 1.25 bits per heavy atom. The summed E-state index contributed by atoms with van der Waals surface area (Å²) in [6, 6.07) is 8.42. The summed E-state index contributed by atoms with van der Waals surface area (Å²) in [5.41, 5.74) is 1.40. The highest BCUT2D eigenvalue weighted by molar-refractivity contribution is 9.10. The summed E-state index contributed by atoms with van der Waals surface area (Å²) in [5, 5.41) is 0. The molecular formula is C18H18BrN3O2. The second-order valence-corrected chi connectivity index (χ2v) is 7.73. The molecule has 2 aromatic rings. The van der Waals surface area contributed by atoms with Crippen LogP contribution in [0.2, 0.25) is 0 Å². The van der Waals surface area contributed by atoms with E-state index >= 15 is 0 Å². The smallest absolute Gasteiger partial charge is 0.272 e. The summed E-state index contributed by atoms with van der Waals surface area (Å²) < 4.78 is 1.06. The molecule has 1 aromatic heterocycles. The van der Waals surface area contributed by atoms with Crippen LogP contribution in [0.4, 0.5) is 0 Å². The second-order valence-electron chi connectivity index (χ2n) is 6.82. The minimum Gasteiger partial charge on any atom is -0.336 e. The molecule has 5 nitrogen and oxygen atoms in total. The molecule has 2 fully saturated rings. The Bertz CT molecular complexity index is 827. The first-order valence-electron chi connectivity index (χ1n) is 8.16. The zero-order chi connectivity index (χ0) is 16.7. The van der Waals surface area contributed by atoms with E-state index in [0.29, 0.717) is 12.5 Å². The van der Waals surface area contributed by atoms with Crippen molar-refractivity contribution in [3.63, 3.8) is 0 Å². The molecule has 1 saturated carbocycles. The van der Waals surface area contributed by atoms with Crippen molar-refractivity contribution in [1.82, 2.24) is 14.9 Å². The van der Waals surface area contributed by atoms with E-state index in [1.165, 1.54) is 24.4 Å². The predicted octanol–water partition coefficient (Wildman–Crippen LogP) is 2.94. The lowest BCUT2D eigenvalue weighted by atomic mass is 9.61. The van der Waals surface area contributed by atoms with Gasteiger partial charge in [0.25, 0.3) is 11.5 Å². The molecule has 2 heterocycles. The van der Waals surface area contributed by atoms with Gasteiger partial charge in [0.15, 0.2) is 0 Å². The van der Waals surface area contributed by atoms with Gasteiger partial charge >= 0.3 is 0 Å². The number of likely N-dealkylation sites (tertiary alicyclic amines) is 1. The minimum atomic E-state index is -0.345. The second kappa shape index (κ2) is 5.84. The third-order valence-corrected chi connectivity index (χ3v) is 5.97. The van der Waals surface area contributed by atoms with Crippen LogP contribution in [-0.2, 0) is 0 Å². The number of amides is 1. The van der Waals surface area contributed by atoms with Gasteiger partial charge in [-0.05, 0) is 36.0 Å². The number of benzene rings is 1. The number of H-pyrrole nitrogens is 1. The Morgan fingerprint density at radius 3 is 2.62 bits per heavy atom. The molecular weight excluding hydrogens is 370 g/mol. The third kappa shape index (κ3) is 2.59. The van der Waals surface area contributed by atoms with E-state index in [1.54, 1.807) is 0 Å². The Labute approximate surface area is 148 Å². The van der Waals surface area contributed by atoms with Gasteiger partial charge in [0.1, 0.15) is 5.69 Å². The minimum absolute atomic E-state index is 0.133. The molecule has 1 N–H and O–H groups in total. The number of rotatable bonds is 2. The lowest BCUT2D eigenvalue weighted by Gasteiger charge is -2.43. The largest absolute Gasteiger partial charge is 0.336 e. The van der Waals surface area contributed by atoms with E-state index in [1.807, 2.05) is 4.90 Å². The Morgan fingerprint density at radius 2 is 2.00 bits per heavy atom. The first kappa shape index (κ1) is 15.6. The van der Waals surface area contributed by atoms with E-state index in [2.05, 4.69) is 50.2 Å². The lowest BCUT2D eigenvalue weighted by molar-refractivity contribution is 0.0719. The maximum absolute atomic E-state index is 12.8. The highest BCUT2D eigenvalue weighted by atomic mass is 79.9. The van der Waals surface area contributed by atoms with Crippen molar-refractivity contribution in [2.75, 3.05) is 13.1 Å². The number of carbonyl (C=O) groups excluding carboxylic acids is 1. The number of hydrogen-bond acceptors (Lipinski definition) is 3. The first-order chi connectivity index (χ1) is 11.6. The molecule has 1 saturated heterocycles. The van der Waals surface area contributed by atoms with Gasteiger partial charge in [-0.25, -0.2) is 0 Å². The maximum Gasteiger partial charge on any atom is 0.272 e. The monoisotopic (exact) mass is 387 g/mol. The van der Waals surface area contributed by atoms with Crippen molar-refractivity contribution in [3.05, 3.63) is 62.7 Å². The van der Waals surface area contributed by atoms with E-state index in [4.69, 9.17) is 0 Å². The van der Waals surface area contributed by atoms with Gasteiger partial charge in [0.05, 0.1) is 12.4 Å². The number of aromatic nitrogens is 2. The molecule has 1 aromatic carbocycles. The van der Waals surface area contributed by atoms with Crippen molar-refractivity contribution < 1.29 is 4.79 Å². The third-order valence-electron chi connectivity index (χ3n) is 5.44. The number of halogens is 1. The SMILES string of the molecule is O=C(c1cncc(=O)[nH]1)N1C[C@H](c2ccc(Br)cc2)C2(CCC2)C1. The summed E-state index contributed by atoms with van der Waals surface area (Å²) in [7, 11) is 0. The highest BCUT2D eigenvalue weighted by Gasteiger charge is 2.52. The first-order valence-corrected chi connectivity index (χ1v) is 8.96. The maximum atomic E-state index is 12.8. The fourth-order valence-corrected chi connectivity index (χ4v) is 4.34. The van der Waals surface area contributed by atoms with Gasteiger partial charge in [-0.1, -0.05) is 34.5 Å². The zero-order valence-electron chi connectivity index (χ0n) is 13.2. The van der Waals surface area contributed by atoms with Gasteiger partial charge < -0.3 is 9.88 Å². The fourth-order valence-electron chi connectivity index (χ4n) is 4.07. The average Bonchev–Trinajstić information content (AvgIpc) is 2.96. The summed E-state index contributed by atoms with van der Waals surface area (Å²) in [4.78, 5) is 32.5. The molecule has 24 heavy (non-hydrogen) atoms. The molecule has 6 heteroatoms. The summed E-state index contributed by atoms with van der Waals surface area (Å²) in [5.74, 6) is 0.220. The summed E-state index contributed by atoms with van der Waals surface area (Å²) in [6.45, 7) is 1.45. The lowest BCUT2D eigenvalue weighted by Crippen LogP contribution is -2.38. The van der Waals surface area contributed by atoms with Crippen molar-refractivity contribution >= 4 is 21.8 Å².